The fourth-order valence-electron chi connectivity index (χ4n) is 2.58. The van der Waals surface area contributed by atoms with E-state index in [1.54, 1.807) is 30.6 Å². The number of aliphatic carboxylic acids is 1. The molecule has 2 aromatic rings. The van der Waals surface area contributed by atoms with Crippen LogP contribution in [-0.4, -0.2) is 52.6 Å². The number of halogens is 1. The summed E-state index contributed by atoms with van der Waals surface area (Å²) in [5.41, 5.74) is 1.30. The van der Waals surface area contributed by atoms with Crippen molar-refractivity contribution < 1.29 is 19.4 Å². The summed E-state index contributed by atoms with van der Waals surface area (Å²) in [6.07, 6.45) is 3.28. The van der Waals surface area contributed by atoms with Crippen LogP contribution in [0.3, 0.4) is 0 Å². The van der Waals surface area contributed by atoms with Crippen LogP contribution in [0.15, 0.2) is 42.7 Å². The van der Waals surface area contributed by atoms with Gasteiger partial charge in [0.05, 0.1) is 6.42 Å². The Kier molecular flexibility index (Phi) is 8.07. The summed E-state index contributed by atoms with van der Waals surface area (Å²) in [5.74, 6) is -0.747. The van der Waals surface area contributed by atoms with Gasteiger partial charge in [-0.1, -0.05) is 11.6 Å². The minimum Gasteiger partial charge on any atom is -0.492 e. The number of hydrogen-bond donors (Lipinski definition) is 2. The van der Waals surface area contributed by atoms with Crippen molar-refractivity contribution in [3.05, 3.63) is 53.3 Å². The van der Waals surface area contributed by atoms with Crippen LogP contribution in [0.5, 0.6) is 5.75 Å². The van der Waals surface area contributed by atoms with E-state index in [1.165, 1.54) is 4.90 Å². The maximum absolute atomic E-state index is 12.8. The number of carboxylic acids is 1. The molecule has 7 nitrogen and oxygen atoms in total. The van der Waals surface area contributed by atoms with Crippen LogP contribution in [0.1, 0.15) is 30.6 Å². The summed E-state index contributed by atoms with van der Waals surface area (Å²) in [6, 6.07) is 8.39. The molecule has 0 aliphatic rings. The molecular weight excluding hydrogens is 382 g/mol. The first-order valence-electron chi connectivity index (χ1n) is 8.97. The smallest absolute Gasteiger partial charge is 0.305 e. The first-order valence-corrected chi connectivity index (χ1v) is 9.34. The average Bonchev–Trinajstić information content (AvgIpc) is 2.65. The van der Waals surface area contributed by atoms with Crippen molar-refractivity contribution in [2.75, 3.05) is 25.0 Å². The van der Waals surface area contributed by atoms with E-state index in [2.05, 4.69) is 10.3 Å². The summed E-state index contributed by atoms with van der Waals surface area (Å²) >= 11 is 6.15. The zero-order chi connectivity index (χ0) is 20.5. The van der Waals surface area contributed by atoms with Crippen molar-refractivity contribution in [1.29, 1.82) is 0 Å². The molecule has 1 heterocycles. The van der Waals surface area contributed by atoms with E-state index in [1.807, 2.05) is 26.0 Å². The number of hydrogen-bond acceptors (Lipinski definition) is 5. The van der Waals surface area contributed by atoms with E-state index >= 15 is 0 Å². The molecule has 1 aromatic carbocycles. The third kappa shape index (κ3) is 6.74. The second-order valence-corrected chi connectivity index (χ2v) is 6.86. The van der Waals surface area contributed by atoms with Gasteiger partial charge >= 0.3 is 5.97 Å². The number of carbonyl (C=O) groups excluding carboxylic acids is 1. The first kappa shape index (κ1) is 21.5. The highest BCUT2D eigenvalue weighted by molar-refractivity contribution is 6.31. The predicted octanol–water partition coefficient (Wildman–Crippen LogP) is 3.55. The number of aromatic nitrogens is 1. The molecule has 1 amide bonds. The molecule has 0 saturated heterocycles. The van der Waals surface area contributed by atoms with Crippen molar-refractivity contribution >= 4 is 29.2 Å². The van der Waals surface area contributed by atoms with Crippen molar-refractivity contribution in [3.8, 4) is 5.75 Å². The van der Waals surface area contributed by atoms with Gasteiger partial charge in [0.25, 0.3) is 5.91 Å². The summed E-state index contributed by atoms with van der Waals surface area (Å²) in [7, 11) is 0. The Hall–Kier alpha value is -2.80. The van der Waals surface area contributed by atoms with Crippen LogP contribution in [0.4, 0.5) is 5.69 Å². The quantitative estimate of drug-likeness (QED) is 0.587. The van der Waals surface area contributed by atoms with Crippen LogP contribution in [0.2, 0.25) is 5.02 Å². The fraction of sp³-hybridized carbons (Fsp3) is 0.350. The molecule has 0 atom stereocenters. The lowest BCUT2D eigenvalue weighted by Crippen LogP contribution is -2.38. The van der Waals surface area contributed by atoms with Crippen molar-refractivity contribution in [1.82, 2.24) is 9.88 Å². The molecule has 0 radical (unpaired) electrons. The van der Waals surface area contributed by atoms with Crippen LogP contribution in [-0.2, 0) is 4.79 Å². The number of amides is 1. The van der Waals surface area contributed by atoms with E-state index in [-0.39, 0.29) is 24.9 Å². The zero-order valence-electron chi connectivity index (χ0n) is 15.9. The van der Waals surface area contributed by atoms with Gasteiger partial charge in [0, 0.05) is 47.8 Å². The lowest BCUT2D eigenvalue weighted by atomic mass is 10.1. The van der Waals surface area contributed by atoms with Crippen LogP contribution >= 0.6 is 11.6 Å². The Bertz CT molecular complexity index is 799. The van der Waals surface area contributed by atoms with Gasteiger partial charge in [-0.3, -0.25) is 14.6 Å². The molecule has 1 aromatic heterocycles. The number of anilines is 1. The average molecular weight is 406 g/mol. The molecule has 8 heteroatoms. The third-order valence-electron chi connectivity index (χ3n) is 3.95. The second-order valence-electron chi connectivity index (χ2n) is 6.42. The zero-order valence-corrected chi connectivity index (χ0v) is 16.6. The monoisotopic (exact) mass is 405 g/mol. The summed E-state index contributed by atoms with van der Waals surface area (Å²) in [6.45, 7) is 4.75. The number of carboxylic acid groups (broad SMARTS) is 1. The lowest BCUT2D eigenvalue weighted by molar-refractivity contribution is -0.137. The standard InChI is InChI=1S/C20H24ClN3O4/c1-14(2)24(9-5-19(25)26)20(27)15-11-16(21)13-18(12-15)28-10-8-23-17-3-6-22-7-4-17/h3-4,6-7,11-14H,5,8-10H2,1-2H3,(H,22,23)(H,25,26). The van der Waals surface area contributed by atoms with Gasteiger partial charge in [0.15, 0.2) is 0 Å². The minimum atomic E-state index is -0.949. The maximum atomic E-state index is 12.8. The molecule has 150 valence electrons. The van der Waals surface area contributed by atoms with Gasteiger partial charge in [-0.05, 0) is 44.2 Å². The fourth-order valence-corrected chi connectivity index (χ4v) is 2.80. The molecule has 0 bridgehead atoms. The van der Waals surface area contributed by atoms with Crippen molar-refractivity contribution in [3.63, 3.8) is 0 Å². The molecule has 0 saturated carbocycles. The Labute approximate surface area is 169 Å². The van der Waals surface area contributed by atoms with Gasteiger partial charge in [0.2, 0.25) is 0 Å². The van der Waals surface area contributed by atoms with E-state index < -0.39 is 5.97 Å². The van der Waals surface area contributed by atoms with Crippen LogP contribution in [0, 0.1) is 0 Å². The number of nitrogens with zero attached hydrogens (tertiary/aromatic N) is 2. The molecule has 28 heavy (non-hydrogen) atoms. The highest BCUT2D eigenvalue weighted by atomic mass is 35.5. The van der Waals surface area contributed by atoms with Gasteiger partial charge < -0.3 is 20.1 Å². The largest absolute Gasteiger partial charge is 0.492 e. The highest BCUT2D eigenvalue weighted by Gasteiger charge is 2.20. The number of carbonyl (C=O) groups is 2. The number of nitrogens with one attached hydrogen (secondary N) is 1. The molecule has 0 aliphatic heterocycles. The maximum Gasteiger partial charge on any atom is 0.305 e. The predicted molar refractivity (Wildman–Crippen MR) is 108 cm³/mol. The molecule has 2 rings (SSSR count). The highest BCUT2D eigenvalue weighted by Crippen LogP contribution is 2.23. The van der Waals surface area contributed by atoms with Gasteiger partial charge in [0.1, 0.15) is 12.4 Å². The van der Waals surface area contributed by atoms with Gasteiger partial charge in [-0.2, -0.15) is 0 Å². The number of benzene rings is 1. The topological polar surface area (TPSA) is 91.8 Å². The van der Waals surface area contributed by atoms with Crippen LogP contribution < -0.4 is 10.1 Å². The molecule has 0 unspecified atom stereocenters. The normalized spacial score (nSPS) is 10.6. The Morgan fingerprint density at radius 2 is 1.96 bits per heavy atom. The van der Waals surface area contributed by atoms with Crippen molar-refractivity contribution in [2.24, 2.45) is 0 Å². The van der Waals surface area contributed by atoms with E-state index in [0.29, 0.717) is 29.5 Å². The second kappa shape index (κ2) is 10.5. The molecule has 0 aliphatic carbocycles. The number of ether oxygens (including phenoxy) is 1. The molecule has 0 spiro atoms. The first-order chi connectivity index (χ1) is 13.4. The Morgan fingerprint density at radius 3 is 2.61 bits per heavy atom. The summed E-state index contributed by atoms with van der Waals surface area (Å²) in [5, 5.41) is 12.5. The van der Waals surface area contributed by atoms with Gasteiger partial charge in [-0.25, -0.2) is 0 Å². The van der Waals surface area contributed by atoms with Crippen molar-refractivity contribution in [2.45, 2.75) is 26.3 Å². The van der Waals surface area contributed by atoms with E-state index in [0.717, 1.165) is 5.69 Å². The third-order valence-corrected chi connectivity index (χ3v) is 4.17. The summed E-state index contributed by atoms with van der Waals surface area (Å²) in [4.78, 5) is 29.1. The SMILES string of the molecule is CC(C)N(CCC(=O)O)C(=O)c1cc(Cl)cc(OCCNc2ccncc2)c1. The number of pyridine rings is 1. The molecular formula is C20H24ClN3O4. The Balaban J connectivity index is 2.00. The van der Waals surface area contributed by atoms with Gasteiger partial charge in [-0.15, -0.1) is 0 Å². The lowest BCUT2D eigenvalue weighted by Gasteiger charge is -2.26. The van der Waals surface area contributed by atoms with E-state index in [9.17, 15) is 9.59 Å². The summed E-state index contributed by atoms with van der Waals surface area (Å²) < 4.78 is 5.71. The molecule has 0 fully saturated rings. The van der Waals surface area contributed by atoms with E-state index in [4.69, 9.17) is 21.4 Å². The molecule has 2 N–H and O–H groups in total. The minimum absolute atomic E-state index is 0.117. The number of rotatable bonds is 10. The van der Waals surface area contributed by atoms with Crippen LogP contribution in [0.25, 0.3) is 0 Å². The Morgan fingerprint density at radius 1 is 1.25 bits per heavy atom.